The summed E-state index contributed by atoms with van der Waals surface area (Å²) in [6, 6.07) is 11.1. The van der Waals surface area contributed by atoms with Crippen LogP contribution in [0, 0.1) is 0 Å². The molecule has 0 atom stereocenters. The second kappa shape index (κ2) is 9.03. The fraction of sp³-hybridized carbons (Fsp3) is 0.316. The summed E-state index contributed by atoms with van der Waals surface area (Å²) in [5, 5.41) is 0. The average Bonchev–Trinajstić information content (AvgIpc) is 2.65. The first-order valence-corrected chi connectivity index (χ1v) is 8.03. The molecule has 2 aromatic carbocycles. The molecule has 0 aliphatic rings. The number of methoxy groups -OCH3 is 2. The molecule has 2 aromatic rings. The third kappa shape index (κ3) is 4.84. The zero-order valence-corrected chi connectivity index (χ0v) is 14.9. The summed E-state index contributed by atoms with van der Waals surface area (Å²) in [6.45, 7) is -0.158. The molecular formula is C19H21F2NO4. The van der Waals surface area contributed by atoms with Crippen LogP contribution in [0.2, 0.25) is 0 Å². The van der Waals surface area contributed by atoms with Crippen molar-refractivity contribution < 1.29 is 27.8 Å². The highest BCUT2D eigenvalue weighted by Gasteiger charge is 2.16. The average molecular weight is 365 g/mol. The number of halogens is 2. The van der Waals surface area contributed by atoms with Gasteiger partial charge in [-0.3, -0.25) is 4.79 Å². The highest BCUT2D eigenvalue weighted by Crippen LogP contribution is 2.28. The zero-order chi connectivity index (χ0) is 19.1. The van der Waals surface area contributed by atoms with E-state index < -0.39 is 6.61 Å². The summed E-state index contributed by atoms with van der Waals surface area (Å²) in [7, 11) is 3.11. The van der Waals surface area contributed by atoms with Crippen molar-refractivity contribution in [2.75, 3.05) is 20.8 Å². The van der Waals surface area contributed by atoms with Crippen LogP contribution in [0.25, 0.3) is 0 Å². The molecule has 2 rings (SSSR count). The topological polar surface area (TPSA) is 48.0 Å². The number of carbonyl (C=O) groups is 1. The summed E-state index contributed by atoms with van der Waals surface area (Å²) >= 11 is 0. The van der Waals surface area contributed by atoms with Crippen molar-refractivity contribution in [3.8, 4) is 17.2 Å². The van der Waals surface area contributed by atoms with Gasteiger partial charge in [0.05, 0.1) is 14.2 Å². The maximum Gasteiger partial charge on any atom is 0.387 e. The molecule has 0 N–H and O–H groups in total. The van der Waals surface area contributed by atoms with Crippen LogP contribution in [0.1, 0.15) is 22.8 Å². The minimum atomic E-state index is -2.89. The second-order valence-electron chi connectivity index (χ2n) is 5.41. The minimum Gasteiger partial charge on any atom is -0.493 e. The van der Waals surface area contributed by atoms with Crippen LogP contribution in [0.4, 0.5) is 8.78 Å². The van der Waals surface area contributed by atoms with E-state index in [1.807, 2.05) is 19.1 Å². The van der Waals surface area contributed by atoms with Crippen molar-refractivity contribution in [1.29, 1.82) is 0 Å². The molecule has 0 bridgehead atoms. The van der Waals surface area contributed by atoms with E-state index in [1.165, 1.54) is 24.3 Å². The Balaban J connectivity index is 2.13. The van der Waals surface area contributed by atoms with Crippen LogP contribution in [0.5, 0.6) is 17.2 Å². The molecule has 0 aliphatic heterocycles. The SMILES string of the molecule is CCN(Cc1ccc(OC)c(OC)c1)C(=O)c1ccc(OC(F)F)cc1. The van der Waals surface area contributed by atoms with Crippen molar-refractivity contribution in [1.82, 2.24) is 4.90 Å². The Bertz CT molecular complexity index is 735. The monoisotopic (exact) mass is 365 g/mol. The Morgan fingerprint density at radius 1 is 1.04 bits per heavy atom. The molecule has 7 heteroatoms. The quantitative estimate of drug-likeness (QED) is 0.710. The fourth-order valence-electron chi connectivity index (χ4n) is 2.49. The lowest BCUT2D eigenvalue weighted by atomic mass is 10.1. The Morgan fingerprint density at radius 3 is 2.23 bits per heavy atom. The largest absolute Gasteiger partial charge is 0.493 e. The molecule has 1 amide bonds. The first kappa shape index (κ1) is 19.5. The number of hydrogen-bond acceptors (Lipinski definition) is 4. The van der Waals surface area contributed by atoms with Gasteiger partial charge >= 0.3 is 6.61 Å². The highest BCUT2D eigenvalue weighted by molar-refractivity contribution is 5.94. The lowest BCUT2D eigenvalue weighted by Gasteiger charge is -2.22. The minimum absolute atomic E-state index is 0.0134. The van der Waals surface area contributed by atoms with Crippen LogP contribution in [-0.2, 0) is 6.54 Å². The smallest absolute Gasteiger partial charge is 0.387 e. The number of ether oxygens (including phenoxy) is 3. The van der Waals surface area contributed by atoms with E-state index in [9.17, 15) is 13.6 Å². The van der Waals surface area contributed by atoms with E-state index in [4.69, 9.17) is 9.47 Å². The van der Waals surface area contributed by atoms with Crippen LogP contribution in [0.3, 0.4) is 0 Å². The van der Waals surface area contributed by atoms with E-state index in [2.05, 4.69) is 4.74 Å². The summed E-state index contributed by atoms with van der Waals surface area (Å²) in [4.78, 5) is 14.3. The molecular weight excluding hydrogens is 344 g/mol. The summed E-state index contributed by atoms with van der Waals surface area (Å²) < 4.78 is 39.2. The lowest BCUT2D eigenvalue weighted by Crippen LogP contribution is -2.30. The van der Waals surface area contributed by atoms with Gasteiger partial charge in [-0.05, 0) is 48.9 Å². The summed E-state index contributed by atoms with van der Waals surface area (Å²) in [6.07, 6.45) is 0. The van der Waals surface area contributed by atoms with Gasteiger partial charge in [0.15, 0.2) is 11.5 Å². The van der Waals surface area contributed by atoms with E-state index in [1.54, 1.807) is 25.2 Å². The Morgan fingerprint density at radius 2 is 1.69 bits per heavy atom. The van der Waals surface area contributed by atoms with Gasteiger partial charge in [0.2, 0.25) is 0 Å². The number of amides is 1. The highest BCUT2D eigenvalue weighted by atomic mass is 19.3. The van der Waals surface area contributed by atoms with Crippen molar-refractivity contribution in [3.05, 3.63) is 53.6 Å². The summed E-state index contributed by atoms with van der Waals surface area (Å²) in [5.74, 6) is 1.01. The molecule has 140 valence electrons. The normalized spacial score (nSPS) is 10.5. The third-order valence-electron chi connectivity index (χ3n) is 3.82. The van der Waals surface area contributed by atoms with Gasteiger partial charge in [0.25, 0.3) is 5.91 Å². The third-order valence-corrected chi connectivity index (χ3v) is 3.82. The molecule has 0 aromatic heterocycles. The molecule has 0 heterocycles. The molecule has 5 nitrogen and oxygen atoms in total. The standard InChI is InChI=1S/C19H21F2NO4/c1-4-22(12-13-5-10-16(24-2)17(11-13)25-3)18(23)14-6-8-15(9-7-14)26-19(20)21/h5-11,19H,4,12H2,1-3H3. The molecule has 0 spiro atoms. The first-order chi connectivity index (χ1) is 12.5. The number of hydrogen-bond donors (Lipinski definition) is 0. The maximum absolute atomic E-state index is 12.7. The van der Waals surface area contributed by atoms with Gasteiger partial charge in [-0.25, -0.2) is 0 Å². The number of benzene rings is 2. The fourth-order valence-corrected chi connectivity index (χ4v) is 2.49. The Hall–Kier alpha value is -2.83. The van der Waals surface area contributed by atoms with Crippen LogP contribution in [-0.4, -0.2) is 38.2 Å². The zero-order valence-electron chi connectivity index (χ0n) is 14.9. The Kier molecular flexibility index (Phi) is 6.77. The van der Waals surface area contributed by atoms with Gasteiger partial charge in [-0.1, -0.05) is 6.07 Å². The molecule has 0 fully saturated rings. The molecule has 0 saturated carbocycles. The molecule has 26 heavy (non-hydrogen) atoms. The summed E-state index contributed by atoms with van der Waals surface area (Å²) in [5.41, 5.74) is 1.28. The van der Waals surface area contributed by atoms with Gasteiger partial charge in [0, 0.05) is 18.7 Å². The Labute approximate surface area is 151 Å². The van der Waals surface area contributed by atoms with Crippen LogP contribution >= 0.6 is 0 Å². The van der Waals surface area contributed by atoms with Crippen molar-refractivity contribution in [3.63, 3.8) is 0 Å². The van der Waals surface area contributed by atoms with E-state index in [-0.39, 0.29) is 11.7 Å². The van der Waals surface area contributed by atoms with Crippen LogP contribution in [0.15, 0.2) is 42.5 Å². The number of rotatable bonds is 8. The van der Waals surface area contributed by atoms with Crippen LogP contribution < -0.4 is 14.2 Å². The van der Waals surface area contributed by atoms with Crippen molar-refractivity contribution in [2.45, 2.75) is 20.1 Å². The molecule has 0 saturated heterocycles. The van der Waals surface area contributed by atoms with Gasteiger partial charge in [-0.2, -0.15) is 8.78 Å². The predicted molar refractivity (Wildman–Crippen MR) is 93.0 cm³/mol. The molecule has 0 aliphatic carbocycles. The van der Waals surface area contributed by atoms with E-state index >= 15 is 0 Å². The van der Waals surface area contributed by atoms with Gasteiger partial charge in [-0.15, -0.1) is 0 Å². The van der Waals surface area contributed by atoms with E-state index in [0.717, 1.165) is 5.56 Å². The van der Waals surface area contributed by atoms with Gasteiger partial charge in [0.1, 0.15) is 5.75 Å². The molecule has 0 unspecified atom stereocenters. The number of carbonyl (C=O) groups excluding carboxylic acids is 1. The van der Waals surface area contributed by atoms with Gasteiger partial charge < -0.3 is 19.1 Å². The number of nitrogens with zero attached hydrogens (tertiary/aromatic N) is 1. The van der Waals surface area contributed by atoms with Crippen molar-refractivity contribution >= 4 is 5.91 Å². The lowest BCUT2D eigenvalue weighted by molar-refractivity contribution is -0.0498. The van der Waals surface area contributed by atoms with Crippen molar-refractivity contribution in [2.24, 2.45) is 0 Å². The second-order valence-corrected chi connectivity index (χ2v) is 5.41. The molecule has 0 radical (unpaired) electrons. The van der Waals surface area contributed by atoms with E-state index in [0.29, 0.717) is 30.2 Å². The number of alkyl halides is 2. The predicted octanol–water partition coefficient (Wildman–Crippen LogP) is 3.97. The first-order valence-electron chi connectivity index (χ1n) is 8.03. The maximum atomic E-state index is 12.7.